The minimum absolute atomic E-state index is 0.00368. The lowest BCUT2D eigenvalue weighted by atomic mass is 9.86. The third-order valence-electron chi connectivity index (χ3n) is 6.18. The van der Waals surface area contributed by atoms with Crippen molar-refractivity contribution in [2.75, 3.05) is 5.75 Å². The maximum absolute atomic E-state index is 12.9. The van der Waals surface area contributed by atoms with Crippen LogP contribution in [0.15, 0.2) is 35.8 Å². The van der Waals surface area contributed by atoms with E-state index in [0.29, 0.717) is 16.7 Å². The van der Waals surface area contributed by atoms with E-state index >= 15 is 0 Å². The fourth-order valence-electron chi connectivity index (χ4n) is 4.34. The summed E-state index contributed by atoms with van der Waals surface area (Å²) in [4.78, 5) is 30.7. The molecule has 5 rings (SSSR count). The second kappa shape index (κ2) is 8.15. The topological polar surface area (TPSA) is 66.7 Å². The van der Waals surface area contributed by atoms with Gasteiger partial charge in [-0.05, 0) is 43.7 Å². The molecule has 2 amide bonds. The molecule has 3 heterocycles. The summed E-state index contributed by atoms with van der Waals surface area (Å²) in [7, 11) is 0. The largest absolute Gasteiger partial charge is 0.294 e. The predicted molar refractivity (Wildman–Crippen MR) is 125 cm³/mol. The molecule has 1 N–H and O–H groups in total. The monoisotopic (exact) mass is 474 g/mol. The van der Waals surface area contributed by atoms with E-state index in [2.05, 4.69) is 17.3 Å². The Morgan fingerprint density at radius 2 is 2.03 bits per heavy atom. The van der Waals surface area contributed by atoms with Crippen LogP contribution >= 0.6 is 34.7 Å². The number of hydrogen-bond acceptors (Lipinski definition) is 5. The van der Waals surface area contributed by atoms with Gasteiger partial charge in [0.05, 0.1) is 17.9 Å². The number of halogens is 1. The van der Waals surface area contributed by atoms with Crippen LogP contribution in [-0.2, 0) is 16.0 Å². The van der Waals surface area contributed by atoms with Crippen molar-refractivity contribution in [1.82, 2.24) is 19.8 Å². The van der Waals surface area contributed by atoms with Crippen molar-refractivity contribution < 1.29 is 9.59 Å². The first-order valence-corrected chi connectivity index (χ1v) is 12.7. The van der Waals surface area contributed by atoms with Crippen LogP contribution in [0.4, 0.5) is 0 Å². The number of carbonyl (C=O) groups excluding carboxylic acids is 2. The van der Waals surface area contributed by atoms with E-state index < -0.39 is 0 Å². The normalized spacial score (nSPS) is 23.7. The number of amides is 2. The molecule has 9 heteroatoms. The molecule has 1 aliphatic carbocycles. The Hall–Kier alpha value is -2.03. The SMILES string of the molecule is CC1CCC2(CC1)SCC(=O)N2NC(=O)Cc1csc2nc(-c3ccc(Cl)cc3)cn12. The molecule has 3 aromatic rings. The van der Waals surface area contributed by atoms with Crippen molar-refractivity contribution >= 4 is 51.5 Å². The van der Waals surface area contributed by atoms with Gasteiger partial charge in [0, 0.05) is 27.9 Å². The minimum atomic E-state index is -0.278. The van der Waals surface area contributed by atoms with Gasteiger partial charge in [-0.25, -0.2) is 9.99 Å². The van der Waals surface area contributed by atoms with Crippen molar-refractivity contribution in [3.8, 4) is 11.3 Å². The molecule has 1 spiro atoms. The van der Waals surface area contributed by atoms with Crippen molar-refractivity contribution in [3.63, 3.8) is 0 Å². The molecule has 0 unspecified atom stereocenters. The van der Waals surface area contributed by atoms with Crippen LogP contribution in [0, 0.1) is 5.92 Å². The van der Waals surface area contributed by atoms with E-state index in [1.54, 1.807) is 16.8 Å². The van der Waals surface area contributed by atoms with E-state index in [0.717, 1.165) is 47.6 Å². The maximum Gasteiger partial charge on any atom is 0.252 e. The van der Waals surface area contributed by atoms with Crippen molar-refractivity contribution in [3.05, 3.63) is 46.6 Å². The number of hydrogen-bond donors (Lipinski definition) is 1. The van der Waals surface area contributed by atoms with Gasteiger partial charge in [-0.1, -0.05) is 30.7 Å². The van der Waals surface area contributed by atoms with Gasteiger partial charge in [0.2, 0.25) is 5.91 Å². The van der Waals surface area contributed by atoms with Crippen LogP contribution in [0.2, 0.25) is 5.02 Å². The number of imidazole rings is 1. The average molecular weight is 475 g/mol. The fourth-order valence-corrected chi connectivity index (χ4v) is 6.66. The zero-order valence-electron chi connectivity index (χ0n) is 17.1. The molecule has 0 atom stereocenters. The molecule has 2 aliphatic rings. The van der Waals surface area contributed by atoms with E-state index in [4.69, 9.17) is 11.6 Å². The van der Waals surface area contributed by atoms with Crippen LogP contribution in [0.1, 0.15) is 38.3 Å². The molecular weight excluding hydrogens is 452 g/mol. The highest BCUT2D eigenvalue weighted by Crippen LogP contribution is 2.47. The second-order valence-electron chi connectivity index (χ2n) is 8.37. The van der Waals surface area contributed by atoms with Gasteiger partial charge in [0.25, 0.3) is 5.91 Å². The second-order valence-corrected chi connectivity index (χ2v) is 11.0. The summed E-state index contributed by atoms with van der Waals surface area (Å²) in [6, 6.07) is 7.54. The van der Waals surface area contributed by atoms with Crippen LogP contribution in [0.5, 0.6) is 0 Å². The van der Waals surface area contributed by atoms with E-state index in [-0.39, 0.29) is 23.1 Å². The lowest BCUT2D eigenvalue weighted by molar-refractivity contribution is -0.143. The van der Waals surface area contributed by atoms with Crippen LogP contribution in [0.3, 0.4) is 0 Å². The average Bonchev–Trinajstić information content (AvgIpc) is 3.42. The highest BCUT2D eigenvalue weighted by molar-refractivity contribution is 8.01. The number of benzene rings is 1. The van der Waals surface area contributed by atoms with Gasteiger partial charge < -0.3 is 0 Å². The summed E-state index contributed by atoms with van der Waals surface area (Å²) < 4.78 is 1.95. The van der Waals surface area contributed by atoms with Gasteiger partial charge in [0.15, 0.2) is 4.96 Å². The number of nitrogens with zero attached hydrogens (tertiary/aromatic N) is 3. The first kappa shape index (κ1) is 20.8. The van der Waals surface area contributed by atoms with E-state index in [1.807, 2.05) is 40.2 Å². The lowest BCUT2D eigenvalue weighted by Crippen LogP contribution is -2.56. The molecule has 162 valence electrons. The Bertz CT molecular complexity index is 1130. The standard InChI is InChI=1S/C22H23ClN4O2S2/c1-14-6-8-22(9-7-14)27(20(29)13-31-22)25-19(28)10-17-12-30-21-24-18(11-26(17)21)15-2-4-16(23)5-3-15/h2-5,11-12,14H,6-10,13H2,1H3,(H,25,28). The molecule has 31 heavy (non-hydrogen) atoms. The zero-order valence-corrected chi connectivity index (χ0v) is 19.5. The van der Waals surface area contributed by atoms with Crippen molar-refractivity contribution in [2.45, 2.75) is 43.9 Å². The summed E-state index contributed by atoms with van der Waals surface area (Å²) in [5, 5.41) is 4.26. The van der Waals surface area contributed by atoms with Crippen LogP contribution in [-0.4, -0.2) is 36.8 Å². The molecule has 2 fully saturated rings. The van der Waals surface area contributed by atoms with Gasteiger partial charge in [0.1, 0.15) is 4.87 Å². The summed E-state index contributed by atoms with van der Waals surface area (Å²) in [5.74, 6) is 0.935. The number of fused-ring (bicyclic) bond motifs is 1. The number of nitrogens with one attached hydrogen (secondary N) is 1. The predicted octanol–water partition coefficient (Wildman–Crippen LogP) is 4.77. The Morgan fingerprint density at radius 3 is 2.77 bits per heavy atom. The molecule has 2 aromatic heterocycles. The summed E-state index contributed by atoms with van der Waals surface area (Å²) in [6.45, 7) is 2.25. The number of hydrazine groups is 1. The molecule has 1 aliphatic heterocycles. The van der Waals surface area contributed by atoms with Crippen LogP contribution in [0.25, 0.3) is 16.2 Å². The summed E-state index contributed by atoms with van der Waals surface area (Å²) >= 11 is 9.16. The Kier molecular flexibility index (Phi) is 5.48. The smallest absolute Gasteiger partial charge is 0.252 e. The van der Waals surface area contributed by atoms with Crippen molar-refractivity contribution in [2.24, 2.45) is 5.92 Å². The highest BCUT2D eigenvalue weighted by atomic mass is 35.5. The third-order valence-corrected chi connectivity index (χ3v) is 8.84. The number of carbonyl (C=O) groups is 2. The van der Waals surface area contributed by atoms with Gasteiger partial charge >= 0.3 is 0 Å². The first-order chi connectivity index (χ1) is 14.9. The molecule has 0 radical (unpaired) electrons. The zero-order chi connectivity index (χ0) is 21.6. The van der Waals surface area contributed by atoms with Crippen LogP contribution < -0.4 is 5.43 Å². The maximum atomic E-state index is 12.9. The lowest BCUT2D eigenvalue weighted by Gasteiger charge is -2.41. The Morgan fingerprint density at radius 1 is 1.29 bits per heavy atom. The molecular formula is C22H23ClN4O2S2. The van der Waals surface area contributed by atoms with E-state index in [9.17, 15) is 9.59 Å². The number of thiazole rings is 1. The molecule has 6 nitrogen and oxygen atoms in total. The molecule has 1 saturated carbocycles. The third kappa shape index (κ3) is 3.97. The highest BCUT2D eigenvalue weighted by Gasteiger charge is 2.48. The quantitative estimate of drug-likeness (QED) is 0.591. The molecule has 0 bridgehead atoms. The van der Waals surface area contributed by atoms with Gasteiger partial charge in [-0.2, -0.15) is 0 Å². The Balaban J connectivity index is 1.32. The summed E-state index contributed by atoms with van der Waals surface area (Å²) in [6.07, 6.45) is 6.16. The minimum Gasteiger partial charge on any atom is -0.294 e. The summed E-state index contributed by atoms with van der Waals surface area (Å²) in [5.41, 5.74) is 5.60. The molecule has 1 aromatic carbocycles. The van der Waals surface area contributed by atoms with Gasteiger partial charge in [-0.3, -0.25) is 19.4 Å². The Labute approximate surface area is 193 Å². The van der Waals surface area contributed by atoms with Gasteiger partial charge in [-0.15, -0.1) is 23.1 Å². The number of rotatable bonds is 4. The van der Waals surface area contributed by atoms with E-state index in [1.165, 1.54) is 11.3 Å². The number of aromatic nitrogens is 2. The number of thioether (sulfide) groups is 1. The fraction of sp³-hybridized carbons (Fsp3) is 0.409. The molecule has 1 saturated heterocycles. The first-order valence-electron chi connectivity index (χ1n) is 10.4. The van der Waals surface area contributed by atoms with Crippen molar-refractivity contribution in [1.29, 1.82) is 0 Å².